The van der Waals surface area contributed by atoms with Crippen molar-refractivity contribution in [2.24, 2.45) is 33.5 Å². The highest BCUT2D eigenvalue weighted by molar-refractivity contribution is 5.75. The summed E-state index contributed by atoms with van der Waals surface area (Å²) in [6.45, 7) is 6.90. The quantitative estimate of drug-likeness (QED) is 0.689. The molecule has 122 valence electrons. The van der Waals surface area contributed by atoms with Gasteiger partial charge < -0.3 is 5.11 Å². The average Bonchev–Trinajstić information content (AvgIpc) is 2.68. The Kier molecular flexibility index (Phi) is 2.81. The molecule has 3 fully saturated rings. The molecule has 4 aliphatic carbocycles. The van der Waals surface area contributed by atoms with Crippen LogP contribution >= 0.6 is 0 Å². The largest absolute Gasteiger partial charge is 0.481 e. The van der Waals surface area contributed by atoms with E-state index in [2.05, 4.69) is 26.0 Å². The van der Waals surface area contributed by atoms with Gasteiger partial charge in [0, 0.05) is 0 Å². The van der Waals surface area contributed by atoms with E-state index in [4.69, 9.17) is 0 Å². The molecule has 4 aliphatic rings. The third-order valence-corrected chi connectivity index (χ3v) is 8.41. The van der Waals surface area contributed by atoms with E-state index in [1.54, 1.807) is 0 Å². The number of carboxylic acid groups (broad SMARTS) is 1. The molecule has 0 aliphatic heterocycles. The van der Waals surface area contributed by atoms with Crippen LogP contribution in [-0.4, -0.2) is 11.1 Å². The predicted molar refractivity (Wildman–Crippen MR) is 87.4 cm³/mol. The van der Waals surface area contributed by atoms with Gasteiger partial charge >= 0.3 is 5.97 Å². The van der Waals surface area contributed by atoms with Crippen LogP contribution in [0.3, 0.4) is 0 Å². The maximum atomic E-state index is 12.0. The van der Waals surface area contributed by atoms with Crippen molar-refractivity contribution in [3.8, 4) is 0 Å². The summed E-state index contributed by atoms with van der Waals surface area (Å²) in [7, 11) is 0. The summed E-state index contributed by atoms with van der Waals surface area (Å²) >= 11 is 0. The van der Waals surface area contributed by atoms with Gasteiger partial charge in [-0.25, -0.2) is 0 Å². The van der Waals surface area contributed by atoms with E-state index in [0.717, 1.165) is 19.3 Å². The second-order valence-corrected chi connectivity index (χ2v) is 9.66. The lowest BCUT2D eigenvalue weighted by atomic mass is 9.40. The van der Waals surface area contributed by atoms with Crippen molar-refractivity contribution in [3.63, 3.8) is 0 Å². The fraction of sp³-hybridized carbons (Fsp3) is 0.850. The molecule has 1 N–H and O–H groups in total. The molecule has 0 aromatic carbocycles. The molecule has 6 atom stereocenters. The van der Waals surface area contributed by atoms with Crippen LogP contribution in [0.15, 0.2) is 12.2 Å². The molecule has 0 heterocycles. The Morgan fingerprint density at radius 2 is 1.73 bits per heavy atom. The highest BCUT2D eigenvalue weighted by Crippen LogP contribution is 2.71. The fourth-order valence-corrected chi connectivity index (χ4v) is 7.39. The minimum Gasteiger partial charge on any atom is -0.481 e. The van der Waals surface area contributed by atoms with Gasteiger partial charge in [0.2, 0.25) is 0 Å². The van der Waals surface area contributed by atoms with Crippen LogP contribution in [0.5, 0.6) is 0 Å². The van der Waals surface area contributed by atoms with Crippen molar-refractivity contribution in [1.29, 1.82) is 0 Å². The van der Waals surface area contributed by atoms with Crippen LogP contribution in [0.4, 0.5) is 0 Å². The minimum atomic E-state index is -0.554. The average molecular weight is 302 g/mol. The van der Waals surface area contributed by atoms with Crippen molar-refractivity contribution in [2.75, 3.05) is 0 Å². The van der Waals surface area contributed by atoms with Crippen molar-refractivity contribution in [3.05, 3.63) is 12.2 Å². The van der Waals surface area contributed by atoms with Gasteiger partial charge in [0.1, 0.15) is 0 Å². The van der Waals surface area contributed by atoms with Gasteiger partial charge in [-0.1, -0.05) is 32.4 Å². The normalized spacial score (nSPS) is 56.3. The highest BCUT2D eigenvalue weighted by atomic mass is 16.4. The Labute approximate surface area is 134 Å². The third kappa shape index (κ3) is 1.65. The van der Waals surface area contributed by atoms with E-state index in [-0.39, 0.29) is 5.41 Å². The molecule has 3 saturated carbocycles. The van der Waals surface area contributed by atoms with Crippen LogP contribution in [0.1, 0.15) is 72.1 Å². The fourth-order valence-electron chi connectivity index (χ4n) is 7.39. The lowest BCUT2D eigenvalue weighted by Gasteiger charge is -2.63. The zero-order chi connectivity index (χ0) is 15.8. The molecule has 1 spiro atoms. The number of hydrogen-bond donors (Lipinski definition) is 1. The summed E-state index contributed by atoms with van der Waals surface area (Å²) < 4.78 is 0. The zero-order valence-corrected chi connectivity index (χ0v) is 14.3. The molecule has 0 amide bonds. The first-order valence-electron chi connectivity index (χ1n) is 9.18. The van der Waals surface area contributed by atoms with E-state index in [0.29, 0.717) is 22.7 Å². The molecule has 4 rings (SSSR count). The standard InChI is InChI=1S/C20H30O2/c1-17-9-5-15-18(2)7-4-8-19(3,16(21)22)14(18)6-10-20(15,13-17)12-11-17/h11-12,14-15H,4-10,13H2,1-3H3,(H,21,22)/t14-,15-,17+,18+,19+,20-/m1/s1. The van der Waals surface area contributed by atoms with Gasteiger partial charge in [-0.3, -0.25) is 4.79 Å². The van der Waals surface area contributed by atoms with Crippen molar-refractivity contribution < 1.29 is 9.90 Å². The summed E-state index contributed by atoms with van der Waals surface area (Å²) in [6, 6.07) is 0. The Morgan fingerprint density at radius 3 is 2.45 bits per heavy atom. The third-order valence-electron chi connectivity index (χ3n) is 8.41. The molecule has 2 heteroatoms. The van der Waals surface area contributed by atoms with E-state index in [1.165, 1.54) is 32.1 Å². The van der Waals surface area contributed by atoms with E-state index in [9.17, 15) is 9.90 Å². The molecule has 0 aromatic heterocycles. The summed E-state index contributed by atoms with van der Waals surface area (Å²) in [5.74, 6) is 0.506. The van der Waals surface area contributed by atoms with E-state index in [1.807, 2.05) is 6.92 Å². The van der Waals surface area contributed by atoms with Gasteiger partial charge in [-0.05, 0) is 80.0 Å². The molecule has 0 unspecified atom stereocenters. The number of carbonyl (C=O) groups is 1. The Bertz CT molecular complexity index is 552. The second-order valence-electron chi connectivity index (χ2n) is 9.66. The second kappa shape index (κ2) is 4.19. The summed E-state index contributed by atoms with van der Waals surface area (Å²) in [4.78, 5) is 12.0. The molecule has 0 radical (unpaired) electrons. The van der Waals surface area contributed by atoms with E-state index >= 15 is 0 Å². The summed E-state index contributed by atoms with van der Waals surface area (Å²) in [5, 5.41) is 9.90. The van der Waals surface area contributed by atoms with Gasteiger partial charge in [-0.15, -0.1) is 0 Å². The summed E-state index contributed by atoms with van der Waals surface area (Å²) in [6.07, 6.45) is 14.5. The maximum absolute atomic E-state index is 12.0. The highest BCUT2D eigenvalue weighted by Gasteiger charge is 2.64. The Balaban J connectivity index is 1.75. The van der Waals surface area contributed by atoms with Gasteiger partial charge in [0.15, 0.2) is 0 Å². The smallest absolute Gasteiger partial charge is 0.309 e. The topological polar surface area (TPSA) is 37.3 Å². The lowest BCUT2D eigenvalue weighted by Crippen LogP contribution is -2.58. The molecular formula is C20H30O2. The van der Waals surface area contributed by atoms with Crippen molar-refractivity contribution in [1.82, 2.24) is 0 Å². The molecular weight excluding hydrogens is 272 g/mol. The first-order chi connectivity index (χ1) is 10.2. The molecule has 0 saturated heterocycles. The van der Waals surface area contributed by atoms with Crippen LogP contribution in [0.2, 0.25) is 0 Å². The predicted octanol–water partition coefficient (Wildman–Crippen LogP) is 5.04. The summed E-state index contributed by atoms with van der Waals surface area (Å²) in [5.41, 5.74) is 0.525. The first-order valence-corrected chi connectivity index (χ1v) is 9.18. The van der Waals surface area contributed by atoms with Gasteiger partial charge in [-0.2, -0.15) is 0 Å². The van der Waals surface area contributed by atoms with Gasteiger partial charge in [0.05, 0.1) is 5.41 Å². The van der Waals surface area contributed by atoms with Crippen molar-refractivity contribution in [2.45, 2.75) is 72.1 Å². The Hall–Kier alpha value is -0.790. The molecule has 22 heavy (non-hydrogen) atoms. The number of fused-ring (bicyclic) bond motifs is 3. The number of carboxylic acids is 1. The zero-order valence-electron chi connectivity index (χ0n) is 14.3. The minimum absolute atomic E-state index is 0.222. The number of aliphatic carboxylic acids is 1. The molecule has 2 bridgehead atoms. The lowest BCUT2D eigenvalue weighted by molar-refractivity contribution is -0.179. The van der Waals surface area contributed by atoms with Gasteiger partial charge in [0.25, 0.3) is 0 Å². The first kappa shape index (κ1) is 14.8. The Morgan fingerprint density at radius 1 is 1.00 bits per heavy atom. The van der Waals surface area contributed by atoms with Crippen molar-refractivity contribution >= 4 is 5.97 Å². The number of rotatable bonds is 1. The van der Waals surface area contributed by atoms with Crippen LogP contribution in [-0.2, 0) is 4.79 Å². The maximum Gasteiger partial charge on any atom is 0.309 e. The van der Waals surface area contributed by atoms with E-state index < -0.39 is 11.4 Å². The molecule has 0 aromatic rings. The van der Waals surface area contributed by atoms with Crippen LogP contribution in [0.25, 0.3) is 0 Å². The van der Waals surface area contributed by atoms with Crippen LogP contribution < -0.4 is 0 Å². The molecule has 2 nitrogen and oxygen atoms in total. The SMILES string of the molecule is C[C@@]12C=C[C@]3(CC[C@@H]4[C@](C)(CCC[C@]4(C)C(=O)O)[C@H]3CC1)C2. The number of allylic oxidation sites excluding steroid dienone is 2. The van der Waals surface area contributed by atoms with Crippen LogP contribution in [0, 0.1) is 33.5 Å². The monoisotopic (exact) mass is 302 g/mol. The number of hydrogen-bond acceptors (Lipinski definition) is 1.